The molecule has 0 aliphatic carbocycles. The fourth-order valence-corrected chi connectivity index (χ4v) is 4.27. The Kier molecular flexibility index (Phi) is 7.14. The van der Waals surface area contributed by atoms with Crippen molar-refractivity contribution >= 4 is 16.8 Å². The van der Waals surface area contributed by atoms with Gasteiger partial charge in [0.25, 0.3) is 5.56 Å². The third kappa shape index (κ3) is 5.54. The minimum absolute atomic E-state index is 0.206. The molecule has 0 saturated carbocycles. The van der Waals surface area contributed by atoms with Crippen LogP contribution in [0, 0.1) is 12.7 Å². The van der Waals surface area contributed by atoms with Gasteiger partial charge in [0, 0.05) is 42.0 Å². The topological polar surface area (TPSA) is 68.2 Å². The van der Waals surface area contributed by atoms with Crippen molar-refractivity contribution in [2.24, 2.45) is 7.05 Å². The van der Waals surface area contributed by atoms with Crippen LogP contribution < -0.4 is 10.3 Å². The second kappa shape index (κ2) is 9.53. The van der Waals surface area contributed by atoms with Crippen molar-refractivity contribution in [3.05, 3.63) is 93.2 Å². The maximum absolute atomic E-state index is 13.4. The van der Waals surface area contributed by atoms with Gasteiger partial charge in [0.05, 0.1) is 15.7 Å². The van der Waals surface area contributed by atoms with Crippen molar-refractivity contribution in [1.29, 1.82) is 0 Å². The average Bonchev–Trinajstić information content (AvgIpc) is 2.74. The first-order valence-corrected chi connectivity index (χ1v) is 11.8. The molecule has 1 heterocycles. The molecule has 2 aromatic carbocycles. The summed E-state index contributed by atoms with van der Waals surface area (Å²) >= 11 is 0. The standard InChI is InChI=1S/C26H29FN2O3S/c1-16-7-12-20(25(31)18-8-10-19(27)11-9-18)22(13-16)23-15-29(6)24(30)14-21(23)17(2)28-33(32)26(3,4)5/h7-15,17,28H,1-6H3/t17-,33-/m0/s1. The van der Waals surface area contributed by atoms with Gasteiger partial charge in [-0.3, -0.25) is 9.59 Å². The summed E-state index contributed by atoms with van der Waals surface area (Å²) in [6.45, 7) is 9.38. The molecule has 0 amide bonds. The summed E-state index contributed by atoms with van der Waals surface area (Å²) in [6.07, 6.45) is 1.70. The lowest BCUT2D eigenvalue weighted by atomic mass is 9.89. The highest BCUT2D eigenvalue weighted by molar-refractivity contribution is 7.84. The Morgan fingerprint density at radius 1 is 1.06 bits per heavy atom. The van der Waals surface area contributed by atoms with Crippen molar-refractivity contribution in [3.63, 3.8) is 0 Å². The summed E-state index contributed by atoms with van der Waals surface area (Å²) in [5.41, 5.74) is 3.54. The predicted octanol–water partition coefficient (Wildman–Crippen LogP) is 4.84. The van der Waals surface area contributed by atoms with E-state index in [0.717, 1.165) is 5.56 Å². The fraction of sp³-hybridized carbons (Fsp3) is 0.308. The molecule has 2 atom stereocenters. The fourth-order valence-electron chi connectivity index (χ4n) is 3.46. The van der Waals surface area contributed by atoms with Gasteiger partial charge >= 0.3 is 0 Å². The lowest BCUT2D eigenvalue weighted by Gasteiger charge is -2.24. The maximum Gasteiger partial charge on any atom is 0.250 e. The van der Waals surface area contributed by atoms with E-state index in [1.54, 1.807) is 19.3 Å². The van der Waals surface area contributed by atoms with E-state index in [1.165, 1.54) is 34.9 Å². The number of aryl methyl sites for hydroxylation is 2. The Morgan fingerprint density at radius 2 is 1.70 bits per heavy atom. The molecule has 33 heavy (non-hydrogen) atoms. The number of rotatable bonds is 6. The van der Waals surface area contributed by atoms with Crippen molar-refractivity contribution in [2.75, 3.05) is 0 Å². The van der Waals surface area contributed by atoms with Crippen LogP contribution >= 0.6 is 0 Å². The minimum atomic E-state index is -1.36. The van der Waals surface area contributed by atoms with Gasteiger partial charge in [-0.25, -0.2) is 13.3 Å². The molecule has 5 nitrogen and oxygen atoms in total. The number of hydrogen-bond donors (Lipinski definition) is 1. The lowest BCUT2D eigenvalue weighted by molar-refractivity contribution is 0.103. The first-order valence-electron chi connectivity index (χ1n) is 10.7. The number of nitrogens with one attached hydrogen (secondary N) is 1. The van der Waals surface area contributed by atoms with Gasteiger partial charge in [0.2, 0.25) is 0 Å². The van der Waals surface area contributed by atoms with Crippen molar-refractivity contribution < 1.29 is 13.4 Å². The molecule has 0 saturated heterocycles. The molecular weight excluding hydrogens is 439 g/mol. The van der Waals surface area contributed by atoms with Crippen LogP contribution in [-0.2, 0) is 18.0 Å². The molecule has 0 aliphatic rings. The van der Waals surface area contributed by atoms with Crippen LogP contribution in [0.3, 0.4) is 0 Å². The zero-order valence-corrected chi connectivity index (χ0v) is 20.5. The van der Waals surface area contributed by atoms with Crippen molar-refractivity contribution in [1.82, 2.24) is 9.29 Å². The Morgan fingerprint density at radius 3 is 2.30 bits per heavy atom. The van der Waals surface area contributed by atoms with Gasteiger partial charge in [0.1, 0.15) is 5.82 Å². The van der Waals surface area contributed by atoms with E-state index in [1.807, 2.05) is 46.8 Å². The van der Waals surface area contributed by atoms with Crippen LogP contribution in [0.2, 0.25) is 0 Å². The highest BCUT2D eigenvalue weighted by Crippen LogP contribution is 2.32. The zero-order valence-electron chi connectivity index (χ0n) is 19.7. The quantitative estimate of drug-likeness (QED) is 0.526. The van der Waals surface area contributed by atoms with Gasteiger partial charge in [0.15, 0.2) is 5.78 Å². The SMILES string of the molecule is Cc1ccc(C(=O)c2ccc(F)cc2)c(-c2cn(C)c(=O)cc2[C@H](C)N[S@@](=O)C(C)(C)C)c1. The third-order valence-electron chi connectivity index (χ3n) is 5.38. The Bertz CT molecular complexity index is 1270. The van der Waals surface area contributed by atoms with Crippen LogP contribution in [0.15, 0.2) is 59.5 Å². The number of pyridine rings is 1. The second-order valence-electron chi connectivity index (χ2n) is 9.20. The number of carbonyl (C=O) groups excluding carboxylic acids is 1. The van der Waals surface area contributed by atoms with E-state index in [2.05, 4.69) is 4.72 Å². The molecular formula is C26H29FN2O3S. The highest BCUT2D eigenvalue weighted by atomic mass is 32.2. The largest absolute Gasteiger partial charge is 0.318 e. The average molecular weight is 469 g/mol. The van der Waals surface area contributed by atoms with Crippen LogP contribution in [0.25, 0.3) is 11.1 Å². The number of ketones is 1. The summed E-state index contributed by atoms with van der Waals surface area (Å²) in [7, 11) is 0.295. The van der Waals surface area contributed by atoms with Crippen LogP contribution in [0.5, 0.6) is 0 Å². The summed E-state index contributed by atoms with van der Waals surface area (Å²) < 4.78 is 30.2. The monoisotopic (exact) mass is 468 g/mol. The molecule has 0 spiro atoms. The maximum atomic E-state index is 13.4. The predicted molar refractivity (Wildman–Crippen MR) is 131 cm³/mol. The molecule has 7 heteroatoms. The highest BCUT2D eigenvalue weighted by Gasteiger charge is 2.25. The molecule has 0 bridgehead atoms. The van der Waals surface area contributed by atoms with Crippen molar-refractivity contribution in [3.8, 4) is 11.1 Å². The van der Waals surface area contributed by atoms with E-state index in [0.29, 0.717) is 27.8 Å². The number of benzene rings is 2. The first kappa shape index (κ1) is 24.7. The van der Waals surface area contributed by atoms with E-state index >= 15 is 0 Å². The van der Waals surface area contributed by atoms with E-state index in [9.17, 15) is 18.2 Å². The molecule has 1 aromatic heterocycles. The van der Waals surface area contributed by atoms with Gasteiger partial charge in [-0.2, -0.15) is 0 Å². The van der Waals surface area contributed by atoms with Crippen molar-refractivity contribution in [2.45, 2.75) is 45.4 Å². The van der Waals surface area contributed by atoms with Gasteiger partial charge < -0.3 is 4.57 Å². The Balaban J connectivity index is 2.18. The van der Waals surface area contributed by atoms with E-state index in [4.69, 9.17) is 0 Å². The van der Waals surface area contributed by atoms with E-state index in [-0.39, 0.29) is 11.3 Å². The molecule has 0 fully saturated rings. The van der Waals surface area contributed by atoms with E-state index < -0.39 is 27.6 Å². The minimum Gasteiger partial charge on any atom is -0.318 e. The third-order valence-corrected chi connectivity index (χ3v) is 7.06. The molecule has 1 N–H and O–H groups in total. The smallest absolute Gasteiger partial charge is 0.250 e. The summed E-state index contributed by atoms with van der Waals surface area (Å²) in [6, 6.07) is 12.0. The molecule has 0 unspecified atom stereocenters. The number of aromatic nitrogens is 1. The normalized spacial score (nSPS) is 13.5. The van der Waals surface area contributed by atoms with Crippen LogP contribution in [-0.4, -0.2) is 19.3 Å². The van der Waals surface area contributed by atoms with Gasteiger partial charge in [-0.1, -0.05) is 23.8 Å². The number of hydrogen-bond acceptors (Lipinski definition) is 3. The number of carbonyl (C=O) groups is 1. The Labute approximate surface area is 196 Å². The lowest BCUT2D eigenvalue weighted by Crippen LogP contribution is -2.35. The zero-order chi connectivity index (χ0) is 24.5. The Hall–Kier alpha value is -2.90. The molecule has 0 aliphatic heterocycles. The first-order chi connectivity index (χ1) is 15.4. The summed E-state index contributed by atoms with van der Waals surface area (Å²) in [5, 5.41) is 0. The molecule has 174 valence electrons. The number of nitrogens with zero attached hydrogens (tertiary/aromatic N) is 1. The summed E-state index contributed by atoms with van der Waals surface area (Å²) in [4.78, 5) is 25.9. The van der Waals surface area contributed by atoms with Crippen LogP contribution in [0.4, 0.5) is 4.39 Å². The number of halogens is 1. The molecule has 3 aromatic rings. The summed E-state index contributed by atoms with van der Waals surface area (Å²) in [5.74, 6) is -0.661. The molecule has 3 rings (SSSR count). The second-order valence-corrected chi connectivity index (χ2v) is 11.2. The van der Waals surface area contributed by atoms with Crippen LogP contribution in [0.1, 0.15) is 60.8 Å². The van der Waals surface area contributed by atoms with Gasteiger partial charge in [-0.15, -0.1) is 0 Å². The van der Waals surface area contributed by atoms with Gasteiger partial charge in [-0.05, 0) is 70.0 Å². The molecule has 0 radical (unpaired) electrons.